The summed E-state index contributed by atoms with van der Waals surface area (Å²) in [6.45, 7) is 8.21. The highest BCUT2D eigenvalue weighted by Gasteiger charge is 2.22. The van der Waals surface area contributed by atoms with E-state index in [4.69, 9.17) is 9.84 Å². The first-order valence-electron chi connectivity index (χ1n) is 6.73. The second kappa shape index (κ2) is 6.50. The van der Waals surface area contributed by atoms with E-state index in [0.717, 1.165) is 4.68 Å². The van der Waals surface area contributed by atoms with Crippen molar-refractivity contribution >= 4 is 18.0 Å². The normalized spacial score (nSPS) is 12.4. The Morgan fingerprint density at radius 1 is 1.32 bits per heavy atom. The highest BCUT2D eigenvalue weighted by Crippen LogP contribution is 2.09. The van der Waals surface area contributed by atoms with E-state index in [1.165, 1.54) is 13.1 Å². The molecule has 0 aliphatic heterocycles. The average Bonchev–Trinajstić information content (AvgIpc) is 2.67. The van der Waals surface area contributed by atoms with Gasteiger partial charge in [-0.2, -0.15) is 0 Å². The largest absolute Gasteiger partial charge is 0.477 e. The topological polar surface area (TPSA) is 110 Å². The monoisotopic (exact) mass is 311 g/mol. The molecule has 0 radical (unpaired) electrons. The van der Waals surface area contributed by atoms with E-state index < -0.39 is 29.6 Å². The Hall–Kier alpha value is -2.51. The number of nitrogens with one attached hydrogen (secondary N) is 2. The van der Waals surface area contributed by atoms with Gasteiger partial charge in [-0.1, -0.05) is 0 Å². The molecule has 122 valence electrons. The molecular formula is C14H21N3O5. The maximum absolute atomic E-state index is 12.0. The number of amides is 2. The van der Waals surface area contributed by atoms with Crippen LogP contribution in [0.1, 0.15) is 43.7 Å². The van der Waals surface area contributed by atoms with E-state index in [9.17, 15) is 14.4 Å². The minimum atomic E-state index is -1.16. The van der Waals surface area contributed by atoms with E-state index in [1.54, 1.807) is 33.8 Å². The number of carboxylic acid groups (broad SMARTS) is 1. The molecule has 0 saturated heterocycles. The number of rotatable bonds is 4. The molecule has 22 heavy (non-hydrogen) atoms. The molecule has 8 heteroatoms. The quantitative estimate of drug-likeness (QED) is 0.780. The van der Waals surface area contributed by atoms with Crippen LogP contribution in [0, 0.1) is 6.92 Å². The van der Waals surface area contributed by atoms with Gasteiger partial charge in [-0.15, -0.1) is 0 Å². The molecule has 0 spiro atoms. The summed E-state index contributed by atoms with van der Waals surface area (Å²) in [6, 6.07) is 0.676. The van der Waals surface area contributed by atoms with Crippen LogP contribution in [0.4, 0.5) is 4.79 Å². The lowest BCUT2D eigenvalue weighted by atomic mass is 10.2. The van der Waals surface area contributed by atoms with Crippen molar-refractivity contribution in [3.63, 3.8) is 0 Å². The van der Waals surface area contributed by atoms with Crippen LogP contribution in [-0.2, 0) is 9.53 Å². The van der Waals surface area contributed by atoms with E-state index in [-0.39, 0.29) is 5.69 Å². The molecule has 2 amide bonds. The first kappa shape index (κ1) is 17.5. The number of aromatic carboxylic acids is 1. The van der Waals surface area contributed by atoms with Crippen molar-refractivity contribution in [2.75, 3.05) is 5.43 Å². The molecule has 1 aromatic rings. The van der Waals surface area contributed by atoms with Crippen LogP contribution in [0.5, 0.6) is 0 Å². The lowest BCUT2D eigenvalue weighted by Crippen LogP contribution is -2.45. The van der Waals surface area contributed by atoms with Gasteiger partial charge in [0, 0.05) is 6.20 Å². The first-order valence-corrected chi connectivity index (χ1v) is 6.73. The van der Waals surface area contributed by atoms with Crippen molar-refractivity contribution in [3.05, 3.63) is 23.5 Å². The third kappa shape index (κ3) is 4.80. The summed E-state index contributed by atoms with van der Waals surface area (Å²) >= 11 is 0. The molecule has 0 bridgehead atoms. The Labute approximate surface area is 128 Å². The maximum atomic E-state index is 12.0. The minimum absolute atomic E-state index is 0.0437. The Morgan fingerprint density at radius 3 is 2.41 bits per heavy atom. The molecular weight excluding hydrogens is 290 g/mol. The van der Waals surface area contributed by atoms with Crippen molar-refractivity contribution in [1.29, 1.82) is 0 Å². The molecule has 0 aliphatic rings. The molecule has 0 aliphatic carbocycles. The molecule has 3 N–H and O–H groups in total. The molecule has 1 heterocycles. The summed E-state index contributed by atoms with van der Waals surface area (Å²) < 4.78 is 6.15. The molecule has 1 atom stereocenters. The molecule has 0 aromatic carbocycles. The van der Waals surface area contributed by atoms with E-state index in [0.29, 0.717) is 5.56 Å². The maximum Gasteiger partial charge on any atom is 0.408 e. The number of carbonyl (C=O) groups is 3. The van der Waals surface area contributed by atoms with Gasteiger partial charge in [-0.25, -0.2) is 9.59 Å². The zero-order chi connectivity index (χ0) is 17.1. The van der Waals surface area contributed by atoms with Crippen LogP contribution in [0.2, 0.25) is 0 Å². The highest BCUT2D eigenvalue weighted by atomic mass is 16.6. The van der Waals surface area contributed by atoms with Crippen molar-refractivity contribution in [2.24, 2.45) is 0 Å². The zero-order valence-electron chi connectivity index (χ0n) is 13.3. The Kier molecular flexibility index (Phi) is 5.19. The summed E-state index contributed by atoms with van der Waals surface area (Å²) in [7, 11) is 0. The summed E-state index contributed by atoms with van der Waals surface area (Å²) in [5.41, 5.74) is 2.21. The van der Waals surface area contributed by atoms with Gasteiger partial charge in [-0.3, -0.25) is 14.9 Å². The molecule has 1 unspecified atom stereocenters. The van der Waals surface area contributed by atoms with Crippen LogP contribution >= 0.6 is 0 Å². The van der Waals surface area contributed by atoms with Crippen LogP contribution in [0.25, 0.3) is 0 Å². The predicted molar refractivity (Wildman–Crippen MR) is 79.3 cm³/mol. The number of hydrogen-bond donors (Lipinski definition) is 3. The summed E-state index contributed by atoms with van der Waals surface area (Å²) in [5, 5.41) is 11.5. The van der Waals surface area contributed by atoms with Crippen molar-refractivity contribution in [3.8, 4) is 0 Å². The fraction of sp³-hybridized carbons (Fsp3) is 0.500. The second-order valence-corrected chi connectivity index (χ2v) is 5.87. The SMILES string of the molecule is Cc1ccn(NC(=O)C(C)NC(=O)OC(C)(C)C)c1C(=O)O. The van der Waals surface area contributed by atoms with Gasteiger partial charge in [0.25, 0.3) is 5.91 Å². The molecule has 0 fully saturated rings. The third-order valence-electron chi connectivity index (χ3n) is 2.65. The number of ether oxygens (including phenoxy) is 1. The van der Waals surface area contributed by atoms with Gasteiger partial charge in [0.05, 0.1) is 0 Å². The van der Waals surface area contributed by atoms with E-state index >= 15 is 0 Å². The zero-order valence-corrected chi connectivity index (χ0v) is 13.3. The van der Waals surface area contributed by atoms with Crippen LogP contribution in [0.15, 0.2) is 12.3 Å². The van der Waals surface area contributed by atoms with Crippen LogP contribution < -0.4 is 10.7 Å². The predicted octanol–water partition coefficient (Wildman–Crippen LogP) is 1.48. The standard InChI is InChI=1S/C14H21N3O5/c1-8-6-7-17(10(8)12(19)20)16-11(18)9(2)15-13(21)22-14(3,4)5/h6-7,9H,1-5H3,(H,15,21)(H,16,18)(H,19,20). The minimum Gasteiger partial charge on any atom is -0.477 e. The number of nitrogens with zero attached hydrogens (tertiary/aromatic N) is 1. The van der Waals surface area contributed by atoms with Crippen LogP contribution in [0.3, 0.4) is 0 Å². The number of aryl methyl sites for hydroxylation is 1. The molecule has 1 aromatic heterocycles. The molecule has 8 nitrogen and oxygen atoms in total. The van der Waals surface area contributed by atoms with Crippen molar-refractivity contribution < 1.29 is 24.2 Å². The smallest absolute Gasteiger partial charge is 0.408 e. The highest BCUT2D eigenvalue weighted by molar-refractivity contribution is 5.93. The Morgan fingerprint density at radius 2 is 1.91 bits per heavy atom. The van der Waals surface area contributed by atoms with Gasteiger partial charge < -0.3 is 15.2 Å². The van der Waals surface area contributed by atoms with Gasteiger partial charge in [0.15, 0.2) is 5.69 Å². The summed E-state index contributed by atoms with van der Waals surface area (Å²) in [6.07, 6.45) is 0.703. The van der Waals surface area contributed by atoms with Gasteiger partial charge in [-0.05, 0) is 46.2 Å². The summed E-state index contributed by atoms with van der Waals surface area (Å²) in [5.74, 6) is -1.72. The van der Waals surface area contributed by atoms with Gasteiger partial charge >= 0.3 is 12.1 Å². The third-order valence-corrected chi connectivity index (χ3v) is 2.65. The van der Waals surface area contributed by atoms with E-state index in [1.807, 2.05) is 0 Å². The lowest BCUT2D eigenvalue weighted by Gasteiger charge is -2.22. The summed E-state index contributed by atoms with van der Waals surface area (Å²) in [4.78, 5) is 34.7. The fourth-order valence-electron chi connectivity index (χ4n) is 1.66. The van der Waals surface area contributed by atoms with Crippen molar-refractivity contribution in [1.82, 2.24) is 9.99 Å². The Balaban J connectivity index is 2.69. The average molecular weight is 311 g/mol. The van der Waals surface area contributed by atoms with Crippen LogP contribution in [-0.4, -0.2) is 39.4 Å². The number of hydrogen-bond acceptors (Lipinski definition) is 4. The number of carboxylic acids is 1. The lowest BCUT2D eigenvalue weighted by molar-refractivity contribution is -0.118. The number of carbonyl (C=O) groups excluding carboxylic acids is 2. The fourth-order valence-corrected chi connectivity index (χ4v) is 1.66. The second-order valence-electron chi connectivity index (χ2n) is 5.87. The Bertz CT molecular complexity index is 586. The number of aromatic nitrogens is 1. The molecule has 1 rings (SSSR count). The van der Waals surface area contributed by atoms with Gasteiger partial charge in [0.2, 0.25) is 0 Å². The first-order chi connectivity index (χ1) is 10.0. The molecule has 0 saturated carbocycles. The van der Waals surface area contributed by atoms with Crippen molar-refractivity contribution in [2.45, 2.75) is 46.3 Å². The number of alkyl carbamates (subject to hydrolysis) is 1. The van der Waals surface area contributed by atoms with E-state index in [2.05, 4.69) is 10.7 Å². The van der Waals surface area contributed by atoms with Gasteiger partial charge in [0.1, 0.15) is 11.6 Å².